The number of aliphatic hydroxyl groups excluding tert-OH is 1. The van der Waals surface area contributed by atoms with Crippen LogP contribution in [0.25, 0.3) is 44.6 Å². The summed E-state index contributed by atoms with van der Waals surface area (Å²) in [6, 6.07) is 20.2. The fraction of sp³-hybridized carbons (Fsp3) is 0.121. The molecule has 0 aliphatic heterocycles. The van der Waals surface area contributed by atoms with Crippen LogP contribution < -0.4 is 0 Å². The van der Waals surface area contributed by atoms with E-state index in [-0.39, 0.29) is 49.9 Å². The van der Waals surface area contributed by atoms with E-state index in [1.165, 1.54) is 31.2 Å². The van der Waals surface area contributed by atoms with E-state index in [1.807, 2.05) is 0 Å². The SMILES string of the molecule is CC(O)c1nc2cccc(C(F)(F)F)c2nc1-c1ccccc1Cl.O=Cc1nc2cccc(C(F)(F)F)c2nc1-c1ccccc1Cl. The summed E-state index contributed by atoms with van der Waals surface area (Å²) >= 11 is 12.2. The molecule has 6 nitrogen and oxygen atoms in total. The van der Waals surface area contributed by atoms with E-state index in [0.29, 0.717) is 22.4 Å². The van der Waals surface area contributed by atoms with Gasteiger partial charge >= 0.3 is 12.4 Å². The van der Waals surface area contributed by atoms with Crippen LogP contribution in [0.2, 0.25) is 10.0 Å². The Bertz CT molecular complexity index is 2120. The van der Waals surface area contributed by atoms with Gasteiger partial charge in [-0.15, -0.1) is 0 Å². The molecular weight excluding hydrogens is 669 g/mol. The van der Waals surface area contributed by atoms with Gasteiger partial charge in [-0.25, -0.2) is 19.9 Å². The van der Waals surface area contributed by atoms with Crippen molar-refractivity contribution in [1.29, 1.82) is 0 Å². The molecule has 2 heterocycles. The standard InChI is InChI=1S/C17H12ClF3N2O.C16H8ClF3N2O/c1-9(24)14-15(10-5-2-3-7-12(10)18)23-16-11(17(19,20)21)6-4-8-13(16)22-14;17-11-6-2-1-4-9(11)14-13(8-23)21-12-7-3-5-10(15(12)22-14)16(18,19)20/h2-9,24H,1H3;1-8H. The first-order valence-electron chi connectivity index (χ1n) is 13.6. The van der Waals surface area contributed by atoms with E-state index in [2.05, 4.69) is 19.9 Å². The first kappa shape index (κ1) is 33.7. The van der Waals surface area contributed by atoms with Crippen molar-refractivity contribution in [2.75, 3.05) is 0 Å². The summed E-state index contributed by atoms with van der Waals surface area (Å²) in [4.78, 5) is 27.7. The van der Waals surface area contributed by atoms with Gasteiger partial charge in [-0.3, -0.25) is 4.79 Å². The average molecular weight is 689 g/mol. The Morgan fingerprint density at radius 3 is 1.53 bits per heavy atom. The topological polar surface area (TPSA) is 88.9 Å². The van der Waals surface area contributed by atoms with Gasteiger partial charge in [-0.1, -0.05) is 71.7 Å². The second-order valence-corrected chi connectivity index (χ2v) is 10.8. The number of para-hydroxylation sites is 2. The van der Waals surface area contributed by atoms with Gasteiger partial charge in [0.05, 0.1) is 49.7 Å². The molecule has 6 rings (SSSR count). The molecule has 0 spiro atoms. The molecule has 47 heavy (non-hydrogen) atoms. The van der Waals surface area contributed by atoms with Crippen LogP contribution in [0.5, 0.6) is 0 Å². The number of carbonyl (C=O) groups excluding carboxylic acids is 1. The quantitative estimate of drug-likeness (QED) is 0.147. The molecule has 0 fully saturated rings. The Kier molecular flexibility index (Phi) is 9.48. The molecule has 0 amide bonds. The van der Waals surface area contributed by atoms with Gasteiger partial charge in [0.25, 0.3) is 0 Å². The number of fused-ring (bicyclic) bond motifs is 2. The molecule has 240 valence electrons. The molecule has 1 N–H and O–H groups in total. The van der Waals surface area contributed by atoms with Crippen molar-refractivity contribution in [2.45, 2.75) is 25.4 Å². The fourth-order valence-electron chi connectivity index (χ4n) is 4.72. The highest BCUT2D eigenvalue weighted by Gasteiger charge is 2.35. The van der Waals surface area contributed by atoms with Crippen LogP contribution in [0, 0.1) is 0 Å². The van der Waals surface area contributed by atoms with E-state index in [1.54, 1.807) is 48.5 Å². The number of benzene rings is 4. The second kappa shape index (κ2) is 13.2. The third-order valence-electron chi connectivity index (χ3n) is 6.82. The zero-order valence-corrected chi connectivity index (χ0v) is 25.4. The maximum Gasteiger partial charge on any atom is 0.418 e. The van der Waals surface area contributed by atoms with Crippen molar-refractivity contribution < 1.29 is 36.2 Å². The van der Waals surface area contributed by atoms with Crippen LogP contribution in [-0.4, -0.2) is 31.3 Å². The maximum atomic E-state index is 13.2. The van der Waals surface area contributed by atoms with E-state index in [0.717, 1.165) is 12.1 Å². The van der Waals surface area contributed by atoms with Crippen molar-refractivity contribution in [3.8, 4) is 22.5 Å². The summed E-state index contributed by atoms with van der Waals surface area (Å²) in [5.41, 5.74) is -1.27. The van der Waals surface area contributed by atoms with Gasteiger partial charge in [0.2, 0.25) is 0 Å². The lowest BCUT2D eigenvalue weighted by atomic mass is 10.1. The smallest absolute Gasteiger partial charge is 0.387 e. The lowest BCUT2D eigenvalue weighted by Crippen LogP contribution is -2.09. The number of aldehydes is 1. The first-order valence-corrected chi connectivity index (χ1v) is 14.3. The number of aromatic nitrogens is 4. The van der Waals surface area contributed by atoms with Crippen LogP contribution in [0.15, 0.2) is 84.9 Å². The van der Waals surface area contributed by atoms with E-state index in [4.69, 9.17) is 23.2 Å². The normalized spacial score (nSPS) is 12.5. The lowest BCUT2D eigenvalue weighted by Gasteiger charge is -2.15. The van der Waals surface area contributed by atoms with Gasteiger partial charge in [-0.05, 0) is 43.3 Å². The Balaban J connectivity index is 0.000000185. The predicted octanol–water partition coefficient (Wildman–Crippen LogP) is 9.80. The highest BCUT2D eigenvalue weighted by molar-refractivity contribution is 6.33. The van der Waals surface area contributed by atoms with Crippen molar-refractivity contribution >= 4 is 51.6 Å². The van der Waals surface area contributed by atoms with Gasteiger partial charge < -0.3 is 5.11 Å². The number of halogens is 8. The molecule has 2 aromatic heterocycles. The molecule has 0 aliphatic carbocycles. The highest BCUT2D eigenvalue weighted by Crippen LogP contribution is 2.38. The summed E-state index contributed by atoms with van der Waals surface area (Å²) in [6.45, 7) is 1.48. The Hall–Kier alpha value is -4.65. The van der Waals surface area contributed by atoms with Gasteiger partial charge in [0.1, 0.15) is 22.4 Å². The fourth-order valence-corrected chi connectivity index (χ4v) is 5.17. The number of aliphatic hydroxyl groups is 1. The molecule has 0 saturated carbocycles. The second-order valence-electron chi connectivity index (χ2n) is 10.0. The zero-order chi connectivity index (χ0) is 34.1. The van der Waals surface area contributed by atoms with Crippen LogP contribution in [-0.2, 0) is 12.4 Å². The van der Waals surface area contributed by atoms with Gasteiger partial charge in [-0.2, -0.15) is 26.3 Å². The van der Waals surface area contributed by atoms with Crippen LogP contribution in [0.3, 0.4) is 0 Å². The molecule has 14 heteroatoms. The molecule has 0 aliphatic rings. The maximum absolute atomic E-state index is 13.2. The van der Waals surface area contributed by atoms with Crippen molar-refractivity contribution in [3.05, 3.63) is 117 Å². The van der Waals surface area contributed by atoms with Crippen LogP contribution in [0.4, 0.5) is 26.3 Å². The number of hydrogen-bond donors (Lipinski definition) is 1. The number of nitrogens with zero attached hydrogens (tertiary/aromatic N) is 4. The first-order chi connectivity index (χ1) is 22.2. The minimum absolute atomic E-state index is 0.00210. The summed E-state index contributed by atoms with van der Waals surface area (Å²) < 4.78 is 79.2. The third kappa shape index (κ3) is 7.04. The van der Waals surface area contributed by atoms with Gasteiger partial charge in [0.15, 0.2) is 6.29 Å². The predicted molar refractivity (Wildman–Crippen MR) is 166 cm³/mol. The van der Waals surface area contributed by atoms with Crippen molar-refractivity contribution in [1.82, 2.24) is 19.9 Å². The number of rotatable bonds is 4. The van der Waals surface area contributed by atoms with Crippen molar-refractivity contribution in [2.24, 2.45) is 0 Å². The average Bonchev–Trinajstić information content (AvgIpc) is 3.02. The molecule has 0 radical (unpaired) electrons. The van der Waals surface area contributed by atoms with E-state index < -0.39 is 29.6 Å². The number of alkyl halides is 6. The van der Waals surface area contributed by atoms with Crippen molar-refractivity contribution in [3.63, 3.8) is 0 Å². The van der Waals surface area contributed by atoms with Gasteiger partial charge in [0, 0.05) is 11.1 Å². The molecule has 4 aromatic carbocycles. The minimum Gasteiger partial charge on any atom is -0.387 e. The summed E-state index contributed by atoms with van der Waals surface area (Å²) in [7, 11) is 0. The molecular formula is C33H20Cl2F6N4O2. The van der Waals surface area contributed by atoms with Crippen LogP contribution in [0.1, 0.15) is 40.3 Å². The third-order valence-corrected chi connectivity index (χ3v) is 7.48. The number of hydrogen-bond acceptors (Lipinski definition) is 6. The molecule has 1 unspecified atom stereocenters. The van der Waals surface area contributed by atoms with E-state index >= 15 is 0 Å². The molecule has 0 saturated heterocycles. The highest BCUT2D eigenvalue weighted by atomic mass is 35.5. The lowest BCUT2D eigenvalue weighted by molar-refractivity contribution is -0.137. The molecule has 0 bridgehead atoms. The number of carbonyl (C=O) groups is 1. The van der Waals surface area contributed by atoms with E-state index in [9.17, 15) is 36.2 Å². The monoisotopic (exact) mass is 688 g/mol. The minimum atomic E-state index is -4.57. The molecule has 6 aromatic rings. The zero-order valence-electron chi connectivity index (χ0n) is 23.9. The Morgan fingerprint density at radius 1 is 0.638 bits per heavy atom. The molecule has 1 atom stereocenters. The summed E-state index contributed by atoms with van der Waals surface area (Å²) in [5, 5.41) is 10.6. The Morgan fingerprint density at radius 2 is 1.09 bits per heavy atom. The summed E-state index contributed by atoms with van der Waals surface area (Å²) in [6.07, 6.45) is -9.69. The van der Waals surface area contributed by atoms with Crippen LogP contribution >= 0.6 is 23.2 Å². The summed E-state index contributed by atoms with van der Waals surface area (Å²) in [5.74, 6) is 0. The largest absolute Gasteiger partial charge is 0.418 e. The Labute approximate surface area is 272 Å².